The van der Waals surface area contributed by atoms with Gasteiger partial charge in [-0.15, -0.1) is 0 Å². The summed E-state index contributed by atoms with van der Waals surface area (Å²) in [5, 5.41) is 5.30. The molecule has 0 aromatic heterocycles. The first-order valence-corrected chi connectivity index (χ1v) is 10.5. The fraction of sp³-hybridized carbons (Fsp3) is 0.0476. The van der Waals surface area contributed by atoms with E-state index < -0.39 is 16.1 Å². The number of urea groups is 1. The highest BCUT2D eigenvalue weighted by Crippen LogP contribution is 2.30. The summed E-state index contributed by atoms with van der Waals surface area (Å²) >= 11 is 0. The van der Waals surface area contributed by atoms with E-state index in [4.69, 9.17) is 5.73 Å². The van der Waals surface area contributed by atoms with Crippen LogP contribution in [0, 0.1) is 0 Å². The molecule has 4 N–H and O–H groups in total. The van der Waals surface area contributed by atoms with Crippen molar-refractivity contribution in [2.45, 2.75) is 11.4 Å². The van der Waals surface area contributed by atoms with E-state index in [9.17, 15) is 18.0 Å². The monoisotopic (exact) mass is 422 g/mol. The van der Waals surface area contributed by atoms with Crippen molar-refractivity contribution in [2.75, 3.05) is 16.4 Å². The summed E-state index contributed by atoms with van der Waals surface area (Å²) < 4.78 is 26.4. The van der Waals surface area contributed by atoms with Gasteiger partial charge in [0.05, 0.1) is 23.6 Å². The largest absolute Gasteiger partial charge is 0.397 e. The van der Waals surface area contributed by atoms with Crippen molar-refractivity contribution in [2.24, 2.45) is 0 Å². The Morgan fingerprint density at radius 2 is 1.63 bits per heavy atom. The quantitative estimate of drug-likeness (QED) is 0.557. The number of rotatable bonds is 4. The Hall–Kier alpha value is -3.85. The number of nitrogens with one attached hydrogen (secondary N) is 2. The molecule has 0 aliphatic carbocycles. The molecule has 8 nitrogen and oxygen atoms in total. The minimum Gasteiger partial charge on any atom is -0.397 e. The minimum atomic E-state index is -3.97. The fourth-order valence-electron chi connectivity index (χ4n) is 3.09. The first-order valence-electron chi connectivity index (χ1n) is 9.04. The Balaban J connectivity index is 1.52. The highest BCUT2D eigenvalue weighted by atomic mass is 32.2. The molecule has 0 fully saturated rings. The summed E-state index contributed by atoms with van der Waals surface area (Å²) in [4.78, 5) is 24.8. The van der Waals surface area contributed by atoms with E-state index in [1.165, 1.54) is 12.1 Å². The average Bonchev–Trinajstić information content (AvgIpc) is 2.73. The van der Waals surface area contributed by atoms with E-state index in [0.717, 1.165) is 4.31 Å². The van der Waals surface area contributed by atoms with E-state index in [1.807, 2.05) is 0 Å². The van der Waals surface area contributed by atoms with Gasteiger partial charge < -0.3 is 16.4 Å². The molecule has 1 aliphatic heterocycles. The van der Waals surface area contributed by atoms with E-state index in [0.29, 0.717) is 22.5 Å². The number of amides is 3. The predicted molar refractivity (Wildman–Crippen MR) is 113 cm³/mol. The third-order valence-electron chi connectivity index (χ3n) is 4.67. The Labute approximate surface area is 173 Å². The summed E-state index contributed by atoms with van der Waals surface area (Å²) in [7, 11) is -3.97. The zero-order valence-electron chi connectivity index (χ0n) is 15.7. The van der Waals surface area contributed by atoms with Gasteiger partial charge in [0.2, 0.25) is 0 Å². The van der Waals surface area contributed by atoms with Crippen LogP contribution in [-0.4, -0.2) is 24.7 Å². The van der Waals surface area contributed by atoms with Gasteiger partial charge in [0.1, 0.15) is 4.90 Å². The molecule has 30 heavy (non-hydrogen) atoms. The van der Waals surface area contributed by atoms with Crippen molar-refractivity contribution in [3.8, 4) is 0 Å². The molecule has 3 aromatic rings. The molecule has 0 saturated carbocycles. The van der Waals surface area contributed by atoms with Gasteiger partial charge in [-0.2, -0.15) is 0 Å². The number of hydrogen-bond donors (Lipinski definition) is 3. The molecular weight excluding hydrogens is 404 g/mol. The van der Waals surface area contributed by atoms with Gasteiger partial charge in [0.15, 0.2) is 0 Å². The van der Waals surface area contributed by atoms with Crippen molar-refractivity contribution in [3.63, 3.8) is 0 Å². The number of benzene rings is 3. The third kappa shape index (κ3) is 3.58. The van der Waals surface area contributed by atoms with Gasteiger partial charge in [-0.3, -0.25) is 4.79 Å². The smallest absolute Gasteiger partial charge is 0.336 e. The molecule has 3 amide bonds. The summed E-state index contributed by atoms with van der Waals surface area (Å²) in [6.45, 7) is -0.157. The molecule has 1 heterocycles. The van der Waals surface area contributed by atoms with Crippen molar-refractivity contribution in [1.82, 2.24) is 4.31 Å². The maximum Gasteiger partial charge on any atom is 0.336 e. The number of nitrogens with two attached hydrogens (primary N) is 1. The number of sulfonamides is 1. The van der Waals surface area contributed by atoms with Crippen molar-refractivity contribution in [1.29, 1.82) is 0 Å². The molecular formula is C21H18N4O4S. The number of hydrogen-bond acceptors (Lipinski definition) is 5. The zero-order valence-corrected chi connectivity index (χ0v) is 16.5. The average molecular weight is 422 g/mol. The standard InChI is InChI=1S/C21H18N4O4S/c22-16-5-1-2-6-17(16)23-20(26)15-11-9-14(10-12-15)13-25-21(27)24-18-7-3-4-8-19(18)30(25,28)29/h1-12H,13,22H2,(H,23,26)(H,24,27). The van der Waals surface area contributed by atoms with E-state index in [-0.39, 0.29) is 23.0 Å². The maximum absolute atomic E-state index is 12.8. The first-order chi connectivity index (χ1) is 14.4. The van der Waals surface area contributed by atoms with Crippen molar-refractivity contribution < 1.29 is 18.0 Å². The zero-order chi connectivity index (χ0) is 21.3. The lowest BCUT2D eigenvalue weighted by Crippen LogP contribution is -2.43. The SMILES string of the molecule is Nc1ccccc1NC(=O)c1ccc(CN2C(=O)Nc3ccccc3S2(=O)=O)cc1. The Bertz CT molecular complexity index is 1240. The Morgan fingerprint density at radius 3 is 2.37 bits per heavy atom. The second-order valence-corrected chi connectivity index (χ2v) is 8.51. The van der Waals surface area contributed by atoms with Crippen LogP contribution < -0.4 is 16.4 Å². The minimum absolute atomic E-state index is 0.0426. The molecule has 0 bridgehead atoms. The second-order valence-electron chi connectivity index (χ2n) is 6.68. The highest BCUT2D eigenvalue weighted by Gasteiger charge is 2.36. The number of carbonyl (C=O) groups excluding carboxylic acids is 2. The third-order valence-corrected chi connectivity index (χ3v) is 6.46. The number of fused-ring (bicyclic) bond motifs is 1. The molecule has 0 saturated heterocycles. The van der Waals surface area contributed by atoms with Crippen LogP contribution in [0.25, 0.3) is 0 Å². The normalized spacial score (nSPS) is 14.5. The number of carbonyl (C=O) groups is 2. The van der Waals surface area contributed by atoms with Crippen LogP contribution in [0.4, 0.5) is 21.9 Å². The summed E-state index contributed by atoms with van der Waals surface area (Å²) in [6.07, 6.45) is 0. The topological polar surface area (TPSA) is 122 Å². The number of anilines is 3. The van der Waals surface area contributed by atoms with Crippen LogP contribution in [-0.2, 0) is 16.6 Å². The van der Waals surface area contributed by atoms with Crippen LogP contribution in [0.1, 0.15) is 15.9 Å². The van der Waals surface area contributed by atoms with E-state index >= 15 is 0 Å². The lowest BCUT2D eigenvalue weighted by atomic mass is 10.1. The lowest BCUT2D eigenvalue weighted by molar-refractivity contribution is 0.102. The fourth-order valence-corrected chi connectivity index (χ4v) is 4.56. The maximum atomic E-state index is 12.8. The molecule has 3 aromatic carbocycles. The molecule has 0 radical (unpaired) electrons. The van der Waals surface area contributed by atoms with E-state index in [1.54, 1.807) is 60.7 Å². The van der Waals surface area contributed by atoms with Crippen molar-refractivity contribution in [3.05, 3.63) is 83.9 Å². The van der Waals surface area contributed by atoms with Gasteiger partial charge in [-0.05, 0) is 42.0 Å². The Morgan fingerprint density at radius 1 is 0.967 bits per heavy atom. The molecule has 1 aliphatic rings. The van der Waals surface area contributed by atoms with E-state index in [2.05, 4.69) is 10.6 Å². The molecule has 152 valence electrons. The molecule has 9 heteroatoms. The number of nitrogen functional groups attached to an aromatic ring is 1. The number of nitrogens with zero attached hydrogens (tertiary/aromatic N) is 1. The molecule has 4 rings (SSSR count). The van der Waals surface area contributed by atoms with Gasteiger partial charge >= 0.3 is 6.03 Å². The predicted octanol–water partition coefficient (Wildman–Crippen LogP) is 3.26. The first kappa shape index (κ1) is 19.5. The Kier molecular flexibility index (Phi) is 4.88. The van der Waals surface area contributed by atoms with Gasteiger partial charge in [0.25, 0.3) is 15.9 Å². The lowest BCUT2D eigenvalue weighted by Gasteiger charge is -2.28. The van der Waals surface area contributed by atoms with Crippen LogP contribution in [0.3, 0.4) is 0 Å². The van der Waals surface area contributed by atoms with Crippen molar-refractivity contribution >= 4 is 39.0 Å². The second kappa shape index (κ2) is 7.53. The number of para-hydroxylation sites is 3. The van der Waals surface area contributed by atoms with Crippen LogP contribution in [0.15, 0.2) is 77.7 Å². The van der Waals surface area contributed by atoms with Crippen LogP contribution in [0.2, 0.25) is 0 Å². The summed E-state index contributed by atoms with van der Waals surface area (Å²) in [5.74, 6) is -0.350. The molecule has 0 unspecified atom stereocenters. The molecule has 0 atom stereocenters. The summed E-state index contributed by atoms with van der Waals surface area (Å²) in [6, 6.07) is 18.7. The molecule has 0 spiro atoms. The van der Waals surface area contributed by atoms with Gasteiger partial charge in [-0.1, -0.05) is 36.4 Å². The highest BCUT2D eigenvalue weighted by molar-refractivity contribution is 7.90. The van der Waals surface area contributed by atoms with Gasteiger partial charge in [0, 0.05) is 5.56 Å². The van der Waals surface area contributed by atoms with Crippen LogP contribution in [0.5, 0.6) is 0 Å². The summed E-state index contributed by atoms with van der Waals surface area (Å²) in [5.41, 5.74) is 7.97. The van der Waals surface area contributed by atoms with Crippen LogP contribution >= 0.6 is 0 Å². The van der Waals surface area contributed by atoms with Gasteiger partial charge in [-0.25, -0.2) is 17.5 Å².